The smallest absolute Gasteiger partial charge is 0.205 e. The summed E-state index contributed by atoms with van der Waals surface area (Å²) >= 11 is 1.41. The first-order chi connectivity index (χ1) is 7.25. The van der Waals surface area contributed by atoms with Gasteiger partial charge in [0, 0.05) is 30.7 Å². The van der Waals surface area contributed by atoms with Gasteiger partial charge in [0.15, 0.2) is 5.01 Å². The van der Waals surface area contributed by atoms with E-state index < -0.39 is 0 Å². The van der Waals surface area contributed by atoms with Crippen LogP contribution in [0.3, 0.4) is 0 Å². The SMILES string of the molecule is Cl.NC1CCN(CC(=O)c2nccs2)CC1. The van der Waals surface area contributed by atoms with Gasteiger partial charge in [-0.2, -0.15) is 0 Å². The maximum absolute atomic E-state index is 11.7. The zero-order chi connectivity index (χ0) is 10.7. The van der Waals surface area contributed by atoms with E-state index in [4.69, 9.17) is 5.73 Å². The molecule has 0 saturated carbocycles. The Balaban J connectivity index is 0.00000128. The Morgan fingerprint density at radius 1 is 1.56 bits per heavy atom. The highest BCUT2D eigenvalue weighted by molar-refractivity contribution is 7.11. The number of hydrogen-bond donors (Lipinski definition) is 1. The van der Waals surface area contributed by atoms with Crippen LogP contribution in [0.1, 0.15) is 22.6 Å². The minimum absolute atomic E-state index is 0. The molecule has 0 bridgehead atoms. The van der Waals surface area contributed by atoms with Crippen molar-refractivity contribution in [3.63, 3.8) is 0 Å². The highest BCUT2D eigenvalue weighted by atomic mass is 35.5. The number of Topliss-reactive ketones (excluding diaryl/α,β-unsaturated/α-hetero) is 1. The molecular weight excluding hydrogens is 246 g/mol. The maximum Gasteiger partial charge on any atom is 0.205 e. The summed E-state index contributed by atoms with van der Waals surface area (Å²) in [4.78, 5) is 17.9. The average molecular weight is 262 g/mol. The third-order valence-electron chi connectivity index (χ3n) is 2.67. The van der Waals surface area contributed by atoms with Gasteiger partial charge >= 0.3 is 0 Å². The molecule has 1 aromatic heterocycles. The molecule has 2 N–H and O–H groups in total. The van der Waals surface area contributed by atoms with Gasteiger partial charge in [-0.1, -0.05) is 0 Å². The van der Waals surface area contributed by atoms with Crippen molar-refractivity contribution in [3.8, 4) is 0 Å². The van der Waals surface area contributed by atoms with Crippen LogP contribution >= 0.6 is 23.7 Å². The van der Waals surface area contributed by atoms with Gasteiger partial charge in [0.05, 0.1) is 6.54 Å². The normalized spacial score (nSPS) is 18.1. The Morgan fingerprint density at radius 3 is 2.81 bits per heavy atom. The molecule has 2 rings (SSSR count). The summed E-state index contributed by atoms with van der Waals surface area (Å²) in [5.74, 6) is 0.125. The van der Waals surface area contributed by atoms with Crippen molar-refractivity contribution in [1.82, 2.24) is 9.88 Å². The number of carbonyl (C=O) groups excluding carboxylic acids is 1. The van der Waals surface area contributed by atoms with Crippen LogP contribution in [0.4, 0.5) is 0 Å². The van der Waals surface area contributed by atoms with Crippen LogP contribution in [-0.4, -0.2) is 41.3 Å². The van der Waals surface area contributed by atoms with Gasteiger partial charge < -0.3 is 5.73 Å². The lowest BCUT2D eigenvalue weighted by molar-refractivity contribution is 0.0909. The van der Waals surface area contributed by atoms with Crippen LogP contribution in [-0.2, 0) is 0 Å². The van der Waals surface area contributed by atoms with Crippen molar-refractivity contribution in [2.45, 2.75) is 18.9 Å². The van der Waals surface area contributed by atoms with E-state index in [9.17, 15) is 4.79 Å². The number of piperidine rings is 1. The quantitative estimate of drug-likeness (QED) is 0.830. The molecular formula is C10H16ClN3OS. The lowest BCUT2D eigenvalue weighted by Crippen LogP contribution is -2.41. The molecule has 1 aromatic rings. The van der Waals surface area contributed by atoms with E-state index in [1.54, 1.807) is 6.20 Å². The van der Waals surface area contributed by atoms with E-state index in [-0.39, 0.29) is 18.2 Å². The van der Waals surface area contributed by atoms with Crippen molar-refractivity contribution in [3.05, 3.63) is 16.6 Å². The Morgan fingerprint density at radius 2 is 2.25 bits per heavy atom. The van der Waals surface area contributed by atoms with Crippen molar-refractivity contribution >= 4 is 29.5 Å². The van der Waals surface area contributed by atoms with E-state index >= 15 is 0 Å². The summed E-state index contributed by atoms with van der Waals surface area (Å²) in [6, 6.07) is 0.316. The molecule has 90 valence electrons. The molecule has 0 atom stereocenters. The van der Waals surface area contributed by atoms with Crippen LogP contribution < -0.4 is 5.73 Å². The largest absolute Gasteiger partial charge is 0.328 e. The highest BCUT2D eigenvalue weighted by Crippen LogP contribution is 2.11. The first-order valence-corrected chi connectivity index (χ1v) is 6.04. The first kappa shape index (κ1) is 13.6. The Bertz CT molecular complexity index is 323. The molecule has 0 unspecified atom stereocenters. The third kappa shape index (κ3) is 3.52. The van der Waals surface area contributed by atoms with E-state index in [2.05, 4.69) is 9.88 Å². The maximum atomic E-state index is 11.7. The zero-order valence-corrected chi connectivity index (χ0v) is 10.6. The third-order valence-corrected chi connectivity index (χ3v) is 3.48. The molecule has 1 aliphatic rings. The summed E-state index contributed by atoms with van der Waals surface area (Å²) < 4.78 is 0. The Labute approximate surface area is 105 Å². The molecule has 0 spiro atoms. The minimum Gasteiger partial charge on any atom is -0.328 e. The van der Waals surface area contributed by atoms with Crippen molar-refractivity contribution < 1.29 is 4.79 Å². The second-order valence-corrected chi connectivity index (χ2v) is 4.77. The fourth-order valence-corrected chi connectivity index (χ4v) is 2.31. The second kappa shape index (κ2) is 6.30. The second-order valence-electron chi connectivity index (χ2n) is 3.87. The summed E-state index contributed by atoms with van der Waals surface area (Å²) in [5, 5.41) is 2.45. The van der Waals surface area contributed by atoms with Gasteiger partial charge in [-0.3, -0.25) is 9.69 Å². The molecule has 0 aromatic carbocycles. The van der Waals surface area contributed by atoms with Gasteiger partial charge in [-0.25, -0.2) is 4.98 Å². The van der Waals surface area contributed by atoms with Crippen molar-refractivity contribution in [2.75, 3.05) is 19.6 Å². The predicted octanol–water partition coefficient (Wildman–Crippen LogP) is 1.17. The van der Waals surface area contributed by atoms with Crippen LogP contribution in [0.25, 0.3) is 0 Å². The number of likely N-dealkylation sites (tertiary alicyclic amines) is 1. The van der Waals surface area contributed by atoms with Crippen LogP contribution in [0.15, 0.2) is 11.6 Å². The fourth-order valence-electron chi connectivity index (χ4n) is 1.74. The van der Waals surface area contributed by atoms with E-state index in [0.29, 0.717) is 17.6 Å². The molecule has 4 nitrogen and oxygen atoms in total. The number of hydrogen-bond acceptors (Lipinski definition) is 5. The van der Waals surface area contributed by atoms with E-state index in [0.717, 1.165) is 25.9 Å². The van der Waals surface area contributed by atoms with E-state index in [1.165, 1.54) is 11.3 Å². The molecule has 16 heavy (non-hydrogen) atoms. The van der Waals surface area contributed by atoms with Gasteiger partial charge in [0.1, 0.15) is 0 Å². The lowest BCUT2D eigenvalue weighted by atomic mass is 10.1. The summed E-state index contributed by atoms with van der Waals surface area (Å²) in [7, 11) is 0. The predicted molar refractivity (Wildman–Crippen MR) is 67.3 cm³/mol. The molecule has 1 aliphatic heterocycles. The number of halogens is 1. The highest BCUT2D eigenvalue weighted by Gasteiger charge is 2.19. The first-order valence-electron chi connectivity index (χ1n) is 5.16. The fraction of sp³-hybridized carbons (Fsp3) is 0.600. The Kier molecular flexibility index (Phi) is 5.34. The number of nitrogens with zero attached hydrogens (tertiary/aromatic N) is 2. The average Bonchev–Trinajstić information content (AvgIpc) is 2.74. The summed E-state index contributed by atoms with van der Waals surface area (Å²) in [6.45, 7) is 2.34. The van der Waals surface area contributed by atoms with E-state index in [1.807, 2.05) is 5.38 Å². The number of rotatable bonds is 3. The lowest BCUT2D eigenvalue weighted by Gasteiger charge is -2.29. The van der Waals surface area contributed by atoms with Crippen molar-refractivity contribution in [1.29, 1.82) is 0 Å². The molecule has 0 aliphatic carbocycles. The number of aromatic nitrogens is 1. The van der Waals surface area contributed by atoms with Gasteiger partial charge in [-0.15, -0.1) is 23.7 Å². The van der Waals surface area contributed by atoms with Crippen LogP contribution in [0.5, 0.6) is 0 Å². The van der Waals surface area contributed by atoms with Crippen LogP contribution in [0.2, 0.25) is 0 Å². The van der Waals surface area contributed by atoms with Crippen molar-refractivity contribution in [2.24, 2.45) is 5.73 Å². The van der Waals surface area contributed by atoms with Gasteiger partial charge in [-0.05, 0) is 12.8 Å². The van der Waals surface area contributed by atoms with Gasteiger partial charge in [0.25, 0.3) is 0 Å². The standard InChI is InChI=1S/C10H15N3OS.ClH/c11-8-1-4-13(5-2-8)7-9(14)10-12-3-6-15-10;/h3,6,8H,1-2,4-5,7,11H2;1H. The number of ketones is 1. The minimum atomic E-state index is 0. The Hall–Kier alpha value is -0.490. The molecule has 6 heteroatoms. The zero-order valence-electron chi connectivity index (χ0n) is 8.96. The number of nitrogens with two attached hydrogens (primary N) is 1. The molecule has 1 saturated heterocycles. The number of thiazole rings is 1. The molecule has 2 heterocycles. The monoisotopic (exact) mass is 261 g/mol. The molecule has 1 fully saturated rings. The van der Waals surface area contributed by atoms with Gasteiger partial charge in [0.2, 0.25) is 5.78 Å². The topological polar surface area (TPSA) is 59.2 Å². The van der Waals surface area contributed by atoms with Crippen LogP contribution in [0, 0.1) is 0 Å². The molecule has 0 radical (unpaired) electrons. The summed E-state index contributed by atoms with van der Waals surface area (Å²) in [6.07, 6.45) is 3.65. The summed E-state index contributed by atoms with van der Waals surface area (Å²) in [5.41, 5.74) is 5.80. The number of carbonyl (C=O) groups is 1. The molecule has 0 amide bonds.